The van der Waals surface area contributed by atoms with E-state index < -0.39 is 0 Å². The molecule has 0 atom stereocenters. The van der Waals surface area contributed by atoms with Gasteiger partial charge in [-0.15, -0.1) is 5.10 Å². The zero-order valence-electron chi connectivity index (χ0n) is 15.2. The summed E-state index contributed by atoms with van der Waals surface area (Å²) in [5, 5.41) is 19.0. The molecule has 0 saturated heterocycles. The zero-order chi connectivity index (χ0) is 19.9. The molecule has 0 radical (unpaired) electrons. The van der Waals surface area contributed by atoms with Crippen molar-refractivity contribution in [1.29, 1.82) is 5.26 Å². The minimum Gasteiger partial charge on any atom is -0.497 e. The van der Waals surface area contributed by atoms with Crippen LogP contribution in [0.4, 0.5) is 5.69 Å². The second kappa shape index (κ2) is 8.92. The van der Waals surface area contributed by atoms with Crippen LogP contribution in [0.1, 0.15) is 5.56 Å². The standard InChI is InChI=1S/C19H17N5O3S/c1-26-15-7-13(8-16(9-15)27-2)18-22-19(24-23-18)28-11-17(25)21-14-5-3-12(10-20)4-6-14/h3-9H,11H2,1-2H3,(H,21,25)(H,22,23,24). The highest BCUT2D eigenvalue weighted by atomic mass is 32.2. The largest absolute Gasteiger partial charge is 0.497 e. The molecule has 3 aromatic rings. The summed E-state index contributed by atoms with van der Waals surface area (Å²) in [6.07, 6.45) is 0. The zero-order valence-corrected chi connectivity index (χ0v) is 16.0. The number of carbonyl (C=O) groups excluding carboxylic acids is 1. The van der Waals surface area contributed by atoms with Crippen molar-refractivity contribution in [3.63, 3.8) is 0 Å². The molecule has 28 heavy (non-hydrogen) atoms. The predicted molar refractivity (Wildman–Crippen MR) is 105 cm³/mol. The van der Waals surface area contributed by atoms with E-state index in [1.165, 1.54) is 11.8 Å². The molecule has 2 N–H and O–H groups in total. The number of benzene rings is 2. The molecule has 1 aromatic heterocycles. The van der Waals surface area contributed by atoms with Crippen LogP contribution in [0.5, 0.6) is 11.5 Å². The van der Waals surface area contributed by atoms with Crippen molar-refractivity contribution in [2.45, 2.75) is 5.16 Å². The number of thioether (sulfide) groups is 1. The first-order valence-electron chi connectivity index (χ1n) is 8.20. The lowest BCUT2D eigenvalue weighted by Crippen LogP contribution is -2.14. The summed E-state index contributed by atoms with van der Waals surface area (Å²) in [7, 11) is 3.15. The molecule has 0 unspecified atom stereocenters. The lowest BCUT2D eigenvalue weighted by atomic mass is 10.2. The number of aromatic nitrogens is 3. The molecule has 2 aromatic carbocycles. The molecule has 0 aliphatic carbocycles. The molecule has 0 fully saturated rings. The van der Waals surface area contributed by atoms with Crippen molar-refractivity contribution in [1.82, 2.24) is 15.2 Å². The Kier molecular flexibility index (Phi) is 6.14. The Hall–Kier alpha value is -3.51. The molecule has 1 heterocycles. The maximum Gasteiger partial charge on any atom is 0.234 e. The summed E-state index contributed by atoms with van der Waals surface area (Å²) < 4.78 is 10.5. The van der Waals surface area contributed by atoms with E-state index in [0.29, 0.717) is 33.7 Å². The number of nitrogens with one attached hydrogen (secondary N) is 2. The van der Waals surface area contributed by atoms with Crippen molar-refractivity contribution in [3.8, 4) is 29.0 Å². The third-order valence-corrected chi connectivity index (χ3v) is 4.57. The minimum absolute atomic E-state index is 0.152. The van der Waals surface area contributed by atoms with Gasteiger partial charge in [-0.25, -0.2) is 4.98 Å². The number of anilines is 1. The van der Waals surface area contributed by atoms with Crippen LogP contribution in [0.15, 0.2) is 47.6 Å². The Morgan fingerprint density at radius 3 is 2.46 bits per heavy atom. The van der Waals surface area contributed by atoms with Crippen LogP contribution in [0.3, 0.4) is 0 Å². The number of nitriles is 1. The van der Waals surface area contributed by atoms with Crippen molar-refractivity contribution >= 4 is 23.4 Å². The number of hydrogen-bond donors (Lipinski definition) is 2. The number of methoxy groups -OCH3 is 2. The summed E-state index contributed by atoms with van der Waals surface area (Å²) in [6.45, 7) is 0. The molecule has 8 nitrogen and oxygen atoms in total. The molecule has 0 bridgehead atoms. The van der Waals surface area contributed by atoms with E-state index in [1.807, 2.05) is 18.2 Å². The Balaban J connectivity index is 1.61. The van der Waals surface area contributed by atoms with Crippen molar-refractivity contribution in [3.05, 3.63) is 48.0 Å². The number of nitrogens with zero attached hydrogens (tertiary/aromatic N) is 3. The summed E-state index contributed by atoms with van der Waals surface area (Å²) in [5.74, 6) is 1.79. The number of hydrogen-bond acceptors (Lipinski definition) is 7. The molecule has 0 saturated carbocycles. The van der Waals surface area contributed by atoms with Crippen molar-refractivity contribution < 1.29 is 14.3 Å². The first-order chi connectivity index (χ1) is 13.6. The molecule has 9 heteroatoms. The summed E-state index contributed by atoms with van der Waals surface area (Å²) in [6, 6.07) is 14.1. The topological polar surface area (TPSA) is 113 Å². The van der Waals surface area contributed by atoms with Crippen LogP contribution in [-0.2, 0) is 4.79 Å². The van der Waals surface area contributed by atoms with Crippen LogP contribution in [-0.4, -0.2) is 41.1 Å². The molecule has 0 aliphatic rings. The minimum atomic E-state index is -0.191. The number of aromatic amines is 1. The van der Waals surface area contributed by atoms with E-state index in [4.69, 9.17) is 14.7 Å². The molecule has 0 spiro atoms. The van der Waals surface area contributed by atoms with Crippen LogP contribution < -0.4 is 14.8 Å². The van der Waals surface area contributed by atoms with Gasteiger partial charge in [0.2, 0.25) is 11.1 Å². The van der Waals surface area contributed by atoms with Crippen LogP contribution in [0.25, 0.3) is 11.4 Å². The van der Waals surface area contributed by atoms with Gasteiger partial charge in [0.05, 0.1) is 31.6 Å². The Morgan fingerprint density at radius 1 is 1.18 bits per heavy atom. The molecular formula is C19H17N5O3S. The second-order valence-electron chi connectivity index (χ2n) is 5.59. The number of ether oxygens (including phenoxy) is 2. The van der Waals surface area contributed by atoms with Gasteiger partial charge in [0, 0.05) is 17.3 Å². The molecule has 3 rings (SSSR count). The first-order valence-corrected chi connectivity index (χ1v) is 9.18. The van der Waals surface area contributed by atoms with E-state index in [9.17, 15) is 4.79 Å². The van der Waals surface area contributed by atoms with Crippen LogP contribution >= 0.6 is 11.8 Å². The third-order valence-electron chi connectivity index (χ3n) is 3.72. The normalized spacial score (nSPS) is 10.2. The number of H-pyrrole nitrogens is 1. The predicted octanol–water partition coefficient (Wildman–Crippen LogP) is 3.09. The lowest BCUT2D eigenvalue weighted by molar-refractivity contribution is -0.113. The van der Waals surface area contributed by atoms with Gasteiger partial charge in [-0.1, -0.05) is 11.8 Å². The fraction of sp³-hybridized carbons (Fsp3) is 0.158. The number of amides is 1. The van der Waals surface area contributed by atoms with Gasteiger partial charge in [-0.3, -0.25) is 9.89 Å². The molecule has 142 valence electrons. The van der Waals surface area contributed by atoms with Crippen LogP contribution in [0.2, 0.25) is 0 Å². The Bertz CT molecular complexity index is 989. The average Bonchev–Trinajstić information content (AvgIpc) is 3.21. The molecule has 0 aliphatic heterocycles. The van der Waals surface area contributed by atoms with E-state index >= 15 is 0 Å². The maximum absolute atomic E-state index is 12.1. The summed E-state index contributed by atoms with van der Waals surface area (Å²) in [4.78, 5) is 16.5. The van der Waals surface area contributed by atoms with Crippen molar-refractivity contribution in [2.24, 2.45) is 0 Å². The summed E-state index contributed by atoms with van der Waals surface area (Å²) in [5.41, 5.74) is 1.93. The second-order valence-corrected chi connectivity index (χ2v) is 6.54. The van der Waals surface area contributed by atoms with Gasteiger partial charge in [0.15, 0.2) is 5.82 Å². The van der Waals surface area contributed by atoms with Gasteiger partial charge in [0.1, 0.15) is 11.5 Å². The quantitative estimate of drug-likeness (QED) is 0.591. The van der Waals surface area contributed by atoms with Crippen LogP contribution in [0, 0.1) is 11.3 Å². The fourth-order valence-electron chi connectivity index (χ4n) is 2.34. The van der Waals surface area contributed by atoms with Gasteiger partial charge < -0.3 is 14.8 Å². The molecular weight excluding hydrogens is 378 g/mol. The smallest absolute Gasteiger partial charge is 0.234 e. The summed E-state index contributed by atoms with van der Waals surface area (Å²) >= 11 is 1.21. The van der Waals surface area contributed by atoms with E-state index in [2.05, 4.69) is 20.5 Å². The van der Waals surface area contributed by atoms with Crippen molar-refractivity contribution in [2.75, 3.05) is 25.3 Å². The highest BCUT2D eigenvalue weighted by molar-refractivity contribution is 7.99. The maximum atomic E-state index is 12.1. The Labute approximate surface area is 165 Å². The van der Waals surface area contributed by atoms with E-state index in [1.54, 1.807) is 44.6 Å². The number of rotatable bonds is 7. The van der Waals surface area contributed by atoms with Gasteiger partial charge in [-0.05, 0) is 36.4 Å². The highest BCUT2D eigenvalue weighted by Crippen LogP contribution is 2.28. The first kappa shape index (κ1) is 19.3. The SMILES string of the molecule is COc1cc(OC)cc(-c2nc(SCC(=O)Nc3ccc(C#N)cc3)n[nH]2)c1. The fourth-order valence-corrected chi connectivity index (χ4v) is 2.94. The average molecular weight is 395 g/mol. The number of carbonyl (C=O) groups is 1. The Morgan fingerprint density at radius 2 is 1.86 bits per heavy atom. The van der Waals surface area contributed by atoms with Gasteiger partial charge in [0.25, 0.3) is 0 Å². The van der Waals surface area contributed by atoms with Gasteiger partial charge in [-0.2, -0.15) is 5.26 Å². The highest BCUT2D eigenvalue weighted by Gasteiger charge is 2.11. The molecule has 1 amide bonds. The lowest BCUT2D eigenvalue weighted by Gasteiger charge is -2.06. The monoisotopic (exact) mass is 395 g/mol. The third kappa shape index (κ3) is 4.81. The van der Waals surface area contributed by atoms with Gasteiger partial charge >= 0.3 is 0 Å². The van der Waals surface area contributed by atoms with E-state index in [0.717, 1.165) is 5.56 Å². The van der Waals surface area contributed by atoms with E-state index in [-0.39, 0.29) is 11.7 Å².